The van der Waals surface area contributed by atoms with E-state index in [0.29, 0.717) is 18.4 Å². The molecule has 1 saturated heterocycles. The predicted molar refractivity (Wildman–Crippen MR) is 136 cm³/mol. The van der Waals surface area contributed by atoms with E-state index in [1.807, 2.05) is 38.7 Å². The molecule has 0 aromatic heterocycles. The maximum absolute atomic E-state index is 14.0. The number of guanidine groups is 1. The summed E-state index contributed by atoms with van der Waals surface area (Å²) < 4.78 is 24.5. The highest BCUT2D eigenvalue weighted by Gasteiger charge is 2.27. The minimum atomic E-state index is -0.479. The van der Waals surface area contributed by atoms with Gasteiger partial charge in [0, 0.05) is 26.7 Å². The number of nitrogens with zero attached hydrogens (tertiary/aromatic N) is 2. The molecule has 2 atom stereocenters. The van der Waals surface area contributed by atoms with E-state index in [9.17, 15) is 9.18 Å². The minimum absolute atomic E-state index is 0. The predicted octanol–water partition coefficient (Wildman–Crippen LogP) is 4.72. The fraction of sp³-hybridized carbons (Fsp3) is 0.652. The first kappa shape index (κ1) is 28.3. The van der Waals surface area contributed by atoms with Crippen molar-refractivity contribution < 1.29 is 18.7 Å². The molecule has 0 bridgehead atoms. The standard InChI is InChI=1S/C23H37FN4O3.HI/c1-16(18-9-10-20(30-6)19(24)14-18)27-21(25-5)26-12-11-17-8-7-13-28(15-17)22(29)31-23(2,3)4;/h9-10,14,16-17H,7-8,11-13,15H2,1-6H3,(H2,25,26,27);1H. The first-order valence-corrected chi connectivity index (χ1v) is 10.9. The summed E-state index contributed by atoms with van der Waals surface area (Å²) >= 11 is 0. The molecule has 1 aromatic rings. The molecule has 1 heterocycles. The number of halogens is 2. The van der Waals surface area contributed by atoms with Gasteiger partial charge in [0.05, 0.1) is 13.2 Å². The Balaban J connectivity index is 0.00000512. The molecule has 1 aliphatic heterocycles. The lowest BCUT2D eigenvalue weighted by atomic mass is 9.95. The van der Waals surface area contributed by atoms with Crippen molar-refractivity contribution in [3.63, 3.8) is 0 Å². The van der Waals surface area contributed by atoms with Gasteiger partial charge in [-0.1, -0.05) is 6.07 Å². The fourth-order valence-corrected chi connectivity index (χ4v) is 3.62. The summed E-state index contributed by atoms with van der Waals surface area (Å²) in [6.07, 6.45) is 2.76. The van der Waals surface area contributed by atoms with Gasteiger partial charge >= 0.3 is 6.09 Å². The van der Waals surface area contributed by atoms with Crippen molar-refractivity contribution in [2.24, 2.45) is 10.9 Å². The van der Waals surface area contributed by atoms with Gasteiger partial charge in [0.25, 0.3) is 0 Å². The molecule has 1 fully saturated rings. The molecule has 0 saturated carbocycles. The van der Waals surface area contributed by atoms with Crippen molar-refractivity contribution in [2.75, 3.05) is 33.8 Å². The molecule has 32 heavy (non-hydrogen) atoms. The number of benzene rings is 1. The van der Waals surface area contributed by atoms with Crippen LogP contribution in [0.15, 0.2) is 23.2 Å². The van der Waals surface area contributed by atoms with E-state index in [1.165, 1.54) is 13.2 Å². The van der Waals surface area contributed by atoms with Crippen molar-refractivity contribution in [1.29, 1.82) is 0 Å². The molecule has 2 rings (SSSR count). The number of hydrogen-bond donors (Lipinski definition) is 2. The van der Waals surface area contributed by atoms with Gasteiger partial charge < -0.3 is 25.0 Å². The molecule has 0 spiro atoms. The van der Waals surface area contributed by atoms with Gasteiger partial charge in [-0.05, 0) is 70.6 Å². The number of hydrogen-bond acceptors (Lipinski definition) is 4. The van der Waals surface area contributed by atoms with Gasteiger partial charge in [-0.25, -0.2) is 9.18 Å². The molecule has 1 amide bonds. The van der Waals surface area contributed by atoms with Crippen molar-refractivity contribution >= 4 is 36.0 Å². The van der Waals surface area contributed by atoms with Crippen LogP contribution in [0.5, 0.6) is 5.75 Å². The van der Waals surface area contributed by atoms with Crippen LogP contribution >= 0.6 is 24.0 Å². The normalized spacial score (nSPS) is 17.8. The number of aliphatic imine (C=N–C) groups is 1. The van der Waals surface area contributed by atoms with Crippen LogP contribution in [0.25, 0.3) is 0 Å². The van der Waals surface area contributed by atoms with Crippen molar-refractivity contribution in [3.05, 3.63) is 29.6 Å². The van der Waals surface area contributed by atoms with Gasteiger partial charge in [0.15, 0.2) is 17.5 Å². The molecule has 9 heteroatoms. The molecular weight excluding hydrogens is 526 g/mol. The van der Waals surface area contributed by atoms with E-state index < -0.39 is 5.60 Å². The zero-order chi connectivity index (χ0) is 23.0. The second-order valence-electron chi connectivity index (χ2n) is 8.98. The lowest BCUT2D eigenvalue weighted by Crippen LogP contribution is -2.44. The molecule has 7 nitrogen and oxygen atoms in total. The average Bonchev–Trinajstić information content (AvgIpc) is 2.71. The highest BCUT2D eigenvalue weighted by atomic mass is 127. The SMILES string of the molecule is CN=C(NCCC1CCCN(C(=O)OC(C)(C)C)C1)NC(C)c1ccc(OC)c(F)c1.I. The van der Waals surface area contributed by atoms with Crippen LogP contribution in [0.2, 0.25) is 0 Å². The lowest BCUT2D eigenvalue weighted by molar-refractivity contribution is 0.0162. The van der Waals surface area contributed by atoms with E-state index in [4.69, 9.17) is 9.47 Å². The van der Waals surface area contributed by atoms with Crippen LogP contribution in [-0.2, 0) is 4.74 Å². The molecule has 1 aromatic carbocycles. The van der Waals surface area contributed by atoms with Gasteiger partial charge in [-0.2, -0.15) is 0 Å². The fourth-order valence-electron chi connectivity index (χ4n) is 3.62. The van der Waals surface area contributed by atoms with Gasteiger partial charge in [0.1, 0.15) is 5.60 Å². The van der Waals surface area contributed by atoms with Gasteiger partial charge in [-0.15, -0.1) is 24.0 Å². The summed E-state index contributed by atoms with van der Waals surface area (Å²) in [6.45, 7) is 9.80. The quantitative estimate of drug-likeness (QED) is 0.297. The number of methoxy groups -OCH3 is 1. The van der Waals surface area contributed by atoms with Crippen LogP contribution in [0.3, 0.4) is 0 Å². The van der Waals surface area contributed by atoms with E-state index in [1.54, 1.807) is 13.1 Å². The molecule has 182 valence electrons. The zero-order valence-electron chi connectivity index (χ0n) is 20.0. The Morgan fingerprint density at radius 3 is 2.69 bits per heavy atom. The maximum Gasteiger partial charge on any atom is 0.410 e. The largest absolute Gasteiger partial charge is 0.494 e. The number of carbonyl (C=O) groups is 1. The number of nitrogens with one attached hydrogen (secondary N) is 2. The zero-order valence-corrected chi connectivity index (χ0v) is 22.4. The van der Waals surface area contributed by atoms with E-state index >= 15 is 0 Å². The highest BCUT2D eigenvalue weighted by molar-refractivity contribution is 14.0. The van der Waals surface area contributed by atoms with Crippen LogP contribution in [0.1, 0.15) is 58.6 Å². The number of carbonyl (C=O) groups excluding carboxylic acids is 1. The second kappa shape index (κ2) is 13.1. The molecular formula is C23H38FIN4O3. The van der Waals surface area contributed by atoms with Crippen molar-refractivity contribution in [1.82, 2.24) is 15.5 Å². The summed E-state index contributed by atoms with van der Waals surface area (Å²) in [4.78, 5) is 18.4. The van der Waals surface area contributed by atoms with Crippen LogP contribution in [0.4, 0.5) is 9.18 Å². The Morgan fingerprint density at radius 1 is 1.38 bits per heavy atom. The van der Waals surface area contributed by atoms with Gasteiger partial charge in [0.2, 0.25) is 0 Å². The third kappa shape index (κ3) is 8.99. The molecule has 2 unspecified atom stereocenters. The molecule has 1 aliphatic rings. The smallest absolute Gasteiger partial charge is 0.410 e. The highest BCUT2D eigenvalue weighted by Crippen LogP contribution is 2.23. The lowest BCUT2D eigenvalue weighted by Gasteiger charge is -2.34. The summed E-state index contributed by atoms with van der Waals surface area (Å²) in [6, 6.07) is 4.80. The Bertz CT molecular complexity index is 770. The van der Waals surface area contributed by atoms with E-state index in [0.717, 1.165) is 37.9 Å². The van der Waals surface area contributed by atoms with Gasteiger partial charge in [-0.3, -0.25) is 4.99 Å². The summed E-state index contributed by atoms with van der Waals surface area (Å²) in [5, 5.41) is 6.61. The first-order chi connectivity index (χ1) is 14.6. The topological polar surface area (TPSA) is 75.2 Å². The summed E-state index contributed by atoms with van der Waals surface area (Å²) in [5.74, 6) is 0.915. The van der Waals surface area contributed by atoms with E-state index in [-0.39, 0.29) is 47.7 Å². The third-order valence-corrected chi connectivity index (χ3v) is 5.27. The van der Waals surface area contributed by atoms with E-state index in [2.05, 4.69) is 15.6 Å². The summed E-state index contributed by atoms with van der Waals surface area (Å²) in [5.41, 5.74) is 0.328. The Labute approximate surface area is 208 Å². The monoisotopic (exact) mass is 564 g/mol. The first-order valence-electron chi connectivity index (χ1n) is 10.9. The molecule has 0 aliphatic carbocycles. The second-order valence-corrected chi connectivity index (χ2v) is 8.98. The van der Waals surface area contributed by atoms with Crippen LogP contribution in [0, 0.1) is 11.7 Å². The number of ether oxygens (including phenoxy) is 2. The third-order valence-electron chi connectivity index (χ3n) is 5.27. The van der Waals surface area contributed by atoms with Crippen molar-refractivity contribution in [3.8, 4) is 5.75 Å². The molecule has 0 radical (unpaired) electrons. The van der Waals surface area contributed by atoms with Crippen molar-refractivity contribution in [2.45, 2.75) is 58.6 Å². The Hall–Kier alpha value is -1.78. The number of piperidine rings is 1. The molecule has 2 N–H and O–H groups in total. The average molecular weight is 564 g/mol. The minimum Gasteiger partial charge on any atom is -0.494 e. The van der Waals surface area contributed by atoms with Crippen LogP contribution < -0.4 is 15.4 Å². The number of likely N-dealkylation sites (tertiary alicyclic amines) is 1. The Morgan fingerprint density at radius 2 is 2.09 bits per heavy atom. The maximum atomic E-state index is 14.0. The van der Waals surface area contributed by atoms with Crippen LogP contribution in [-0.4, -0.2) is 56.3 Å². The number of amides is 1. The number of rotatable bonds is 6. The summed E-state index contributed by atoms with van der Waals surface area (Å²) in [7, 11) is 3.16. The Kier molecular flexibility index (Phi) is 11.5.